The Bertz CT molecular complexity index is 1620. The van der Waals surface area contributed by atoms with Gasteiger partial charge in [-0.1, -0.05) is 78.9 Å². The van der Waals surface area contributed by atoms with Crippen LogP contribution in [-0.2, 0) is 32.6 Å². The van der Waals surface area contributed by atoms with Crippen molar-refractivity contribution in [1.82, 2.24) is 10.2 Å². The predicted molar refractivity (Wildman–Crippen MR) is 176 cm³/mol. The van der Waals surface area contributed by atoms with E-state index in [1.807, 2.05) is 30.3 Å². The third-order valence-corrected chi connectivity index (χ3v) is 9.80. The van der Waals surface area contributed by atoms with E-state index in [9.17, 15) is 18.0 Å². The van der Waals surface area contributed by atoms with E-state index in [0.717, 1.165) is 48.2 Å². The molecule has 3 aromatic rings. The lowest BCUT2D eigenvalue weighted by Crippen LogP contribution is -2.55. The fourth-order valence-electron chi connectivity index (χ4n) is 5.73. The summed E-state index contributed by atoms with van der Waals surface area (Å²) in [4.78, 5) is 29.9. The Hall–Kier alpha value is -3.47. The Labute approximate surface area is 274 Å². The standard InChI is InChI=1S/C33H37Cl2N3O6S/c1-45(41,42)38(27-14-15-30-31(20-27)44-17-16-43-30)22-32(39)37(21-24-12-13-25(34)19-28(24)35)29(18-23-8-4-2-5-9-23)33(40)36-26-10-6-3-7-11-26/h2,4-5,8-9,12-15,19-20,26,29H,3,6-7,10-11,16-18,21-22H2,1H3,(H,36,40)/t29-/m0/s1. The Morgan fingerprint density at radius 2 is 1.64 bits per heavy atom. The van der Waals surface area contributed by atoms with Crippen molar-refractivity contribution in [2.24, 2.45) is 0 Å². The molecule has 1 aliphatic heterocycles. The summed E-state index contributed by atoms with van der Waals surface area (Å²) in [5.41, 5.74) is 1.67. The number of carbonyl (C=O) groups excluding carboxylic acids is 2. The number of hydrogen-bond donors (Lipinski definition) is 1. The molecule has 1 heterocycles. The molecule has 0 aromatic heterocycles. The highest BCUT2D eigenvalue weighted by molar-refractivity contribution is 7.92. The van der Waals surface area contributed by atoms with Gasteiger partial charge in [0.15, 0.2) is 11.5 Å². The fourth-order valence-corrected chi connectivity index (χ4v) is 7.04. The van der Waals surface area contributed by atoms with E-state index in [-0.39, 0.29) is 30.6 Å². The molecule has 2 amide bonds. The topological polar surface area (TPSA) is 105 Å². The first kappa shape index (κ1) is 32.9. The number of ether oxygens (including phenoxy) is 2. The van der Waals surface area contributed by atoms with Gasteiger partial charge >= 0.3 is 0 Å². The smallest absolute Gasteiger partial charge is 0.244 e. The number of sulfonamides is 1. The molecule has 0 unspecified atom stereocenters. The van der Waals surface area contributed by atoms with Gasteiger partial charge in [0.2, 0.25) is 21.8 Å². The largest absolute Gasteiger partial charge is 0.486 e. The van der Waals surface area contributed by atoms with Gasteiger partial charge in [-0.2, -0.15) is 0 Å². The zero-order valence-electron chi connectivity index (χ0n) is 25.1. The molecule has 240 valence electrons. The molecule has 0 bridgehead atoms. The SMILES string of the molecule is CS(=O)(=O)N(CC(=O)N(Cc1ccc(Cl)cc1Cl)[C@@H](Cc1ccccc1)C(=O)NC1CCCCC1)c1ccc2c(c1)OCCO2. The van der Waals surface area contributed by atoms with E-state index >= 15 is 0 Å². The lowest BCUT2D eigenvalue weighted by atomic mass is 9.94. The molecule has 1 aliphatic carbocycles. The molecular formula is C33H37Cl2N3O6S. The minimum atomic E-state index is -3.94. The Morgan fingerprint density at radius 1 is 0.933 bits per heavy atom. The summed E-state index contributed by atoms with van der Waals surface area (Å²) >= 11 is 12.7. The third kappa shape index (κ3) is 8.62. The Morgan fingerprint density at radius 3 is 2.33 bits per heavy atom. The van der Waals surface area contributed by atoms with Gasteiger partial charge in [-0.25, -0.2) is 8.42 Å². The molecule has 9 nitrogen and oxygen atoms in total. The maximum atomic E-state index is 14.4. The molecule has 1 fully saturated rings. The number of halogens is 2. The van der Waals surface area contributed by atoms with Crippen molar-refractivity contribution < 1.29 is 27.5 Å². The van der Waals surface area contributed by atoms with Crippen LogP contribution in [0.25, 0.3) is 0 Å². The first-order valence-electron chi connectivity index (χ1n) is 15.0. The van der Waals surface area contributed by atoms with E-state index in [4.69, 9.17) is 32.7 Å². The summed E-state index contributed by atoms with van der Waals surface area (Å²) < 4.78 is 38.5. The average molecular weight is 675 g/mol. The van der Waals surface area contributed by atoms with Crippen molar-refractivity contribution in [3.05, 3.63) is 87.9 Å². The van der Waals surface area contributed by atoms with Crippen LogP contribution in [0, 0.1) is 0 Å². The second-order valence-electron chi connectivity index (χ2n) is 11.4. The molecule has 1 saturated carbocycles. The number of carbonyl (C=O) groups is 2. The normalized spacial score (nSPS) is 15.6. The second-order valence-corrected chi connectivity index (χ2v) is 14.2. The fraction of sp³-hybridized carbons (Fsp3) is 0.394. The quantitative estimate of drug-likeness (QED) is 0.283. The number of rotatable bonds is 11. The van der Waals surface area contributed by atoms with Crippen LogP contribution in [0.5, 0.6) is 11.5 Å². The summed E-state index contributed by atoms with van der Waals surface area (Å²) in [6.07, 6.45) is 6.17. The molecule has 0 saturated heterocycles. The molecule has 2 aliphatic rings. The van der Waals surface area contributed by atoms with Gasteiger partial charge in [0.25, 0.3) is 0 Å². The zero-order chi connectivity index (χ0) is 32.0. The molecular weight excluding hydrogens is 637 g/mol. The van der Waals surface area contributed by atoms with Crippen LogP contribution in [0.4, 0.5) is 5.69 Å². The molecule has 45 heavy (non-hydrogen) atoms. The van der Waals surface area contributed by atoms with Crippen LogP contribution < -0.4 is 19.1 Å². The predicted octanol–water partition coefficient (Wildman–Crippen LogP) is 5.62. The first-order chi connectivity index (χ1) is 21.6. The van der Waals surface area contributed by atoms with Crippen LogP contribution >= 0.6 is 23.2 Å². The number of anilines is 1. The number of hydrogen-bond acceptors (Lipinski definition) is 6. The van der Waals surface area contributed by atoms with Gasteiger partial charge in [-0.3, -0.25) is 13.9 Å². The van der Waals surface area contributed by atoms with E-state index in [1.165, 1.54) is 4.90 Å². The molecule has 1 atom stereocenters. The number of fused-ring (bicyclic) bond motifs is 1. The van der Waals surface area contributed by atoms with E-state index in [2.05, 4.69) is 5.32 Å². The molecule has 5 rings (SSSR count). The number of benzene rings is 3. The van der Waals surface area contributed by atoms with Gasteiger partial charge in [0, 0.05) is 35.1 Å². The van der Waals surface area contributed by atoms with Crippen molar-refractivity contribution in [3.63, 3.8) is 0 Å². The lowest BCUT2D eigenvalue weighted by molar-refractivity contribution is -0.140. The highest BCUT2D eigenvalue weighted by Crippen LogP contribution is 2.35. The Kier molecular flexibility index (Phi) is 10.8. The molecule has 1 N–H and O–H groups in total. The molecule has 3 aromatic carbocycles. The van der Waals surface area contributed by atoms with E-state index < -0.39 is 28.5 Å². The second kappa shape index (κ2) is 14.7. The van der Waals surface area contributed by atoms with Crippen molar-refractivity contribution in [3.8, 4) is 11.5 Å². The Balaban J connectivity index is 1.52. The van der Waals surface area contributed by atoms with E-state index in [1.54, 1.807) is 36.4 Å². The lowest BCUT2D eigenvalue weighted by Gasteiger charge is -2.35. The van der Waals surface area contributed by atoms with Crippen LogP contribution in [0.2, 0.25) is 10.0 Å². The minimum absolute atomic E-state index is 0.00540. The summed E-state index contributed by atoms with van der Waals surface area (Å²) in [5.74, 6) is 0.0139. The van der Waals surface area contributed by atoms with Crippen LogP contribution in [-0.4, -0.2) is 63.2 Å². The highest BCUT2D eigenvalue weighted by Gasteiger charge is 2.34. The molecule has 0 spiro atoms. The number of amides is 2. The zero-order valence-corrected chi connectivity index (χ0v) is 27.4. The number of nitrogens with zero attached hydrogens (tertiary/aromatic N) is 2. The minimum Gasteiger partial charge on any atom is -0.486 e. The highest BCUT2D eigenvalue weighted by atomic mass is 35.5. The number of nitrogens with one attached hydrogen (secondary N) is 1. The summed E-state index contributed by atoms with van der Waals surface area (Å²) in [7, 11) is -3.94. The van der Waals surface area contributed by atoms with Gasteiger partial charge < -0.3 is 19.7 Å². The van der Waals surface area contributed by atoms with Crippen molar-refractivity contribution in [2.75, 3.05) is 30.3 Å². The summed E-state index contributed by atoms with van der Waals surface area (Å²) in [6, 6.07) is 18.2. The maximum absolute atomic E-state index is 14.4. The average Bonchev–Trinajstić information content (AvgIpc) is 3.02. The molecule has 12 heteroatoms. The van der Waals surface area contributed by atoms with Crippen molar-refractivity contribution >= 4 is 50.7 Å². The van der Waals surface area contributed by atoms with Crippen LogP contribution in [0.1, 0.15) is 43.2 Å². The van der Waals surface area contributed by atoms with Crippen molar-refractivity contribution in [1.29, 1.82) is 0 Å². The summed E-state index contributed by atoms with van der Waals surface area (Å²) in [6.45, 7) is 0.116. The third-order valence-electron chi connectivity index (χ3n) is 8.07. The van der Waals surface area contributed by atoms with Gasteiger partial charge in [-0.15, -0.1) is 0 Å². The van der Waals surface area contributed by atoms with Gasteiger partial charge in [0.1, 0.15) is 25.8 Å². The van der Waals surface area contributed by atoms with Crippen LogP contribution in [0.3, 0.4) is 0 Å². The van der Waals surface area contributed by atoms with Gasteiger partial charge in [-0.05, 0) is 48.2 Å². The monoisotopic (exact) mass is 673 g/mol. The van der Waals surface area contributed by atoms with Crippen LogP contribution in [0.15, 0.2) is 66.7 Å². The maximum Gasteiger partial charge on any atom is 0.244 e. The first-order valence-corrected chi connectivity index (χ1v) is 17.6. The van der Waals surface area contributed by atoms with E-state index in [0.29, 0.717) is 40.3 Å². The summed E-state index contributed by atoms with van der Waals surface area (Å²) in [5, 5.41) is 3.95. The van der Waals surface area contributed by atoms with Crippen molar-refractivity contribution in [2.45, 2.75) is 57.2 Å². The molecule has 0 radical (unpaired) electrons. The van der Waals surface area contributed by atoms with Gasteiger partial charge in [0.05, 0.1) is 11.9 Å².